The Bertz CT molecular complexity index is 563. The van der Waals surface area contributed by atoms with Crippen LogP contribution in [-0.2, 0) is 11.2 Å². The van der Waals surface area contributed by atoms with Gasteiger partial charge >= 0.3 is 0 Å². The highest BCUT2D eigenvalue weighted by atomic mass is 32.1. The van der Waals surface area contributed by atoms with E-state index in [4.69, 9.17) is 0 Å². The number of hydrogen-bond donors (Lipinski definition) is 0. The van der Waals surface area contributed by atoms with Gasteiger partial charge in [0.15, 0.2) is 0 Å². The Morgan fingerprint density at radius 2 is 2.06 bits per heavy atom. The van der Waals surface area contributed by atoms with E-state index < -0.39 is 0 Å². The summed E-state index contributed by atoms with van der Waals surface area (Å²) in [6.45, 7) is 7.90. The molecule has 2 rings (SSSR count). The van der Waals surface area contributed by atoms with Gasteiger partial charge in [0.25, 0.3) is 0 Å². The zero-order valence-electron chi connectivity index (χ0n) is 10.7. The summed E-state index contributed by atoms with van der Waals surface area (Å²) < 4.78 is 1.16. The molecule has 2 nitrogen and oxygen atoms in total. The quantitative estimate of drug-likeness (QED) is 0.808. The summed E-state index contributed by atoms with van der Waals surface area (Å²) in [5, 5.41) is 1.05. The van der Waals surface area contributed by atoms with E-state index in [9.17, 15) is 4.79 Å². The lowest BCUT2D eigenvalue weighted by atomic mass is 9.87. The summed E-state index contributed by atoms with van der Waals surface area (Å²) >= 11 is 1.67. The second-order valence-corrected chi connectivity index (χ2v) is 6.55. The van der Waals surface area contributed by atoms with Crippen LogP contribution in [0.1, 0.15) is 31.3 Å². The number of fused-ring (bicyclic) bond motifs is 1. The maximum absolute atomic E-state index is 12.1. The van der Waals surface area contributed by atoms with Crippen molar-refractivity contribution >= 4 is 27.3 Å². The minimum Gasteiger partial charge on any atom is -0.299 e. The minimum absolute atomic E-state index is 0.274. The van der Waals surface area contributed by atoms with Crippen LogP contribution in [0.5, 0.6) is 0 Å². The highest BCUT2D eigenvalue weighted by Gasteiger charge is 2.22. The minimum atomic E-state index is -0.276. The maximum atomic E-state index is 12.1. The monoisotopic (exact) mass is 247 g/mol. The molecule has 0 N–H and O–H groups in total. The number of hydrogen-bond acceptors (Lipinski definition) is 3. The van der Waals surface area contributed by atoms with E-state index >= 15 is 0 Å². The average Bonchev–Trinajstić information content (AvgIpc) is 2.58. The molecule has 0 radical (unpaired) electrons. The van der Waals surface area contributed by atoms with E-state index in [-0.39, 0.29) is 11.2 Å². The Morgan fingerprint density at radius 3 is 2.71 bits per heavy atom. The Balaban J connectivity index is 2.39. The summed E-state index contributed by atoms with van der Waals surface area (Å²) in [7, 11) is 0. The highest BCUT2D eigenvalue weighted by Crippen LogP contribution is 2.27. The fraction of sp³-hybridized carbons (Fsp3) is 0.429. The molecular weight excluding hydrogens is 230 g/mol. The number of aryl methyl sites for hydroxylation is 1. The fourth-order valence-corrected chi connectivity index (χ4v) is 2.62. The number of ketones is 1. The van der Waals surface area contributed by atoms with Crippen LogP contribution in [0.4, 0.5) is 0 Å². The van der Waals surface area contributed by atoms with Gasteiger partial charge in [-0.3, -0.25) is 4.79 Å². The molecule has 2 aromatic rings. The van der Waals surface area contributed by atoms with Gasteiger partial charge in [0.2, 0.25) is 0 Å². The van der Waals surface area contributed by atoms with Gasteiger partial charge in [0, 0.05) is 11.8 Å². The summed E-state index contributed by atoms with van der Waals surface area (Å²) in [6.07, 6.45) is 0.502. The molecule has 3 heteroatoms. The molecule has 0 unspecified atom stereocenters. The van der Waals surface area contributed by atoms with Crippen molar-refractivity contribution in [3.8, 4) is 0 Å². The third-order valence-electron chi connectivity index (χ3n) is 2.79. The standard InChI is InChI=1S/C14H17NOS/c1-9-15-11-7-5-6-10(13(11)17-9)8-12(16)14(2,3)4/h5-7H,8H2,1-4H3. The van der Waals surface area contributed by atoms with Gasteiger partial charge < -0.3 is 0 Å². The number of rotatable bonds is 2. The molecule has 0 atom stereocenters. The molecule has 1 aromatic heterocycles. The molecule has 0 aliphatic carbocycles. The second-order valence-electron chi connectivity index (χ2n) is 5.35. The molecular formula is C14H17NOS. The van der Waals surface area contributed by atoms with E-state index in [2.05, 4.69) is 4.98 Å². The van der Waals surface area contributed by atoms with Crippen LogP contribution in [0.3, 0.4) is 0 Å². The molecule has 0 saturated carbocycles. The second kappa shape index (κ2) is 4.22. The summed E-state index contributed by atoms with van der Waals surface area (Å²) in [6, 6.07) is 6.01. The SMILES string of the molecule is Cc1nc2cccc(CC(=O)C(C)(C)C)c2s1. The molecule has 0 bridgehead atoms. The normalized spacial score (nSPS) is 12.0. The van der Waals surface area contributed by atoms with Gasteiger partial charge in [-0.2, -0.15) is 0 Å². The van der Waals surface area contributed by atoms with Gasteiger partial charge in [-0.05, 0) is 18.6 Å². The predicted octanol–water partition coefficient (Wildman–Crippen LogP) is 3.76. The lowest BCUT2D eigenvalue weighted by Gasteiger charge is -2.16. The van der Waals surface area contributed by atoms with Gasteiger partial charge in [-0.1, -0.05) is 32.9 Å². The van der Waals surface area contributed by atoms with Crippen LogP contribution in [0.25, 0.3) is 10.2 Å². The van der Waals surface area contributed by atoms with Gasteiger partial charge in [-0.15, -0.1) is 11.3 Å². The maximum Gasteiger partial charge on any atom is 0.142 e. The number of carbonyl (C=O) groups is 1. The van der Waals surface area contributed by atoms with Crippen LogP contribution in [0.15, 0.2) is 18.2 Å². The van der Waals surface area contributed by atoms with Gasteiger partial charge in [0.05, 0.1) is 15.2 Å². The number of aromatic nitrogens is 1. The van der Waals surface area contributed by atoms with Crippen molar-refractivity contribution in [2.45, 2.75) is 34.1 Å². The largest absolute Gasteiger partial charge is 0.299 e. The van der Waals surface area contributed by atoms with E-state index in [1.165, 1.54) is 0 Å². The highest BCUT2D eigenvalue weighted by molar-refractivity contribution is 7.18. The van der Waals surface area contributed by atoms with Crippen LogP contribution in [0.2, 0.25) is 0 Å². The van der Waals surface area contributed by atoms with Gasteiger partial charge in [-0.25, -0.2) is 4.98 Å². The van der Waals surface area contributed by atoms with E-state index in [0.29, 0.717) is 6.42 Å². The Kier molecular flexibility index (Phi) is 3.04. The summed E-state index contributed by atoms with van der Waals surface area (Å²) in [5.74, 6) is 0.274. The summed E-state index contributed by atoms with van der Waals surface area (Å²) in [4.78, 5) is 16.5. The number of benzene rings is 1. The molecule has 1 heterocycles. The first-order valence-electron chi connectivity index (χ1n) is 5.76. The van der Waals surface area contributed by atoms with Crippen molar-refractivity contribution in [3.05, 3.63) is 28.8 Å². The van der Waals surface area contributed by atoms with Crippen molar-refractivity contribution in [1.29, 1.82) is 0 Å². The third kappa shape index (κ3) is 2.55. The Morgan fingerprint density at radius 1 is 1.35 bits per heavy atom. The number of nitrogens with zero attached hydrogens (tertiary/aromatic N) is 1. The van der Waals surface area contributed by atoms with Crippen molar-refractivity contribution < 1.29 is 4.79 Å². The topological polar surface area (TPSA) is 30.0 Å². The van der Waals surface area contributed by atoms with E-state index in [1.54, 1.807) is 11.3 Å². The molecule has 0 aliphatic rings. The molecule has 0 amide bonds. The fourth-order valence-electron chi connectivity index (χ4n) is 1.69. The average molecular weight is 247 g/mol. The first-order chi connectivity index (χ1) is 7.88. The predicted molar refractivity (Wildman–Crippen MR) is 72.5 cm³/mol. The first kappa shape index (κ1) is 12.2. The molecule has 0 aliphatic heterocycles. The van der Waals surface area contributed by atoms with Gasteiger partial charge in [0.1, 0.15) is 5.78 Å². The molecule has 0 spiro atoms. The van der Waals surface area contributed by atoms with Crippen LogP contribution in [-0.4, -0.2) is 10.8 Å². The van der Waals surface area contributed by atoms with Crippen molar-refractivity contribution in [1.82, 2.24) is 4.98 Å². The first-order valence-corrected chi connectivity index (χ1v) is 6.58. The molecule has 0 saturated heterocycles. The zero-order chi connectivity index (χ0) is 12.6. The lowest BCUT2D eigenvalue weighted by molar-refractivity contribution is -0.125. The number of thiazole rings is 1. The van der Waals surface area contributed by atoms with Crippen LogP contribution >= 0.6 is 11.3 Å². The molecule has 1 aromatic carbocycles. The van der Waals surface area contributed by atoms with Crippen LogP contribution in [0, 0.1) is 12.3 Å². The smallest absolute Gasteiger partial charge is 0.142 e. The zero-order valence-corrected chi connectivity index (χ0v) is 11.5. The van der Waals surface area contributed by atoms with Crippen molar-refractivity contribution in [3.63, 3.8) is 0 Å². The number of carbonyl (C=O) groups excluding carboxylic acids is 1. The molecule has 17 heavy (non-hydrogen) atoms. The lowest BCUT2D eigenvalue weighted by Crippen LogP contribution is -2.22. The van der Waals surface area contributed by atoms with Crippen molar-refractivity contribution in [2.24, 2.45) is 5.41 Å². The third-order valence-corrected chi connectivity index (χ3v) is 3.85. The van der Waals surface area contributed by atoms with E-state index in [0.717, 1.165) is 20.8 Å². The molecule has 90 valence electrons. The number of Topliss-reactive ketones (excluding diaryl/α,β-unsaturated/α-hetero) is 1. The van der Waals surface area contributed by atoms with E-state index in [1.807, 2.05) is 45.9 Å². The van der Waals surface area contributed by atoms with Crippen LogP contribution < -0.4 is 0 Å². The summed E-state index contributed by atoms with van der Waals surface area (Å²) in [5.41, 5.74) is 1.83. The van der Waals surface area contributed by atoms with Crippen molar-refractivity contribution in [2.75, 3.05) is 0 Å². The Labute approximate surface area is 106 Å². The molecule has 0 fully saturated rings. The Hall–Kier alpha value is -1.22.